The van der Waals surface area contributed by atoms with Crippen LogP contribution >= 0.6 is 11.6 Å². The maximum absolute atomic E-state index is 12.6. The Kier molecular flexibility index (Phi) is 4.59. The molecular formula is C13H19ClN2O3S. The predicted molar refractivity (Wildman–Crippen MR) is 79.1 cm³/mol. The fraction of sp³-hybridized carbons (Fsp3) is 0.538. The standard InChI is InChI=1S/C13H19ClN2O3S/c1-16(12-4-2-3-5-13(12)17)20(18,19)9-6-7-11(15)10(14)8-9/h6-8,12-13,17H,2-5,15H2,1H3. The molecule has 1 aliphatic carbocycles. The second-order valence-electron chi connectivity index (χ2n) is 5.12. The summed E-state index contributed by atoms with van der Waals surface area (Å²) in [7, 11) is -2.18. The van der Waals surface area contributed by atoms with E-state index in [1.54, 1.807) is 0 Å². The largest absolute Gasteiger partial charge is 0.398 e. The van der Waals surface area contributed by atoms with Gasteiger partial charge in [0.15, 0.2) is 0 Å². The average Bonchev–Trinajstić information content (AvgIpc) is 2.41. The quantitative estimate of drug-likeness (QED) is 0.833. The first-order valence-electron chi connectivity index (χ1n) is 6.55. The highest BCUT2D eigenvalue weighted by Gasteiger charge is 2.34. The van der Waals surface area contributed by atoms with Crippen molar-refractivity contribution < 1.29 is 13.5 Å². The highest BCUT2D eigenvalue weighted by Crippen LogP contribution is 2.29. The van der Waals surface area contributed by atoms with Gasteiger partial charge in [0, 0.05) is 7.05 Å². The van der Waals surface area contributed by atoms with Gasteiger partial charge in [0.05, 0.1) is 27.8 Å². The Morgan fingerprint density at radius 1 is 1.35 bits per heavy atom. The molecule has 112 valence electrons. The highest BCUT2D eigenvalue weighted by atomic mass is 35.5. The van der Waals surface area contributed by atoms with E-state index in [0.717, 1.165) is 12.8 Å². The van der Waals surface area contributed by atoms with Crippen LogP contribution in [0.1, 0.15) is 25.7 Å². The number of sulfonamides is 1. The van der Waals surface area contributed by atoms with E-state index in [4.69, 9.17) is 17.3 Å². The number of nitrogens with zero attached hydrogens (tertiary/aromatic N) is 1. The fourth-order valence-corrected chi connectivity index (χ4v) is 4.22. The molecule has 1 saturated carbocycles. The van der Waals surface area contributed by atoms with Crippen LogP contribution in [-0.2, 0) is 10.0 Å². The molecule has 7 heteroatoms. The number of halogens is 1. The summed E-state index contributed by atoms with van der Waals surface area (Å²) in [5, 5.41) is 10.2. The van der Waals surface area contributed by atoms with Crippen molar-refractivity contribution in [3.8, 4) is 0 Å². The molecular weight excluding hydrogens is 300 g/mol. The first-order valence-corrected chi connectivity index (χ1v) is 8.37. The average molecular weight is 319 g/mol. The SMILES string of the molecule is CN(C1CCCCC1O)S(=O)(=O)c1ccc(N)c(Cl)c1. The van der Waals surface area contributed by atoms with Crippen LogP contribution in [0.2, 0.25) is 5.02 Å². The molecule has 2 rings (SSSR count). The summed E-state index contributed by atoms with van der Waals surface area (Å²) in [5.41, 5.74) is 5.93. The van der Waals surface area contributed by atoms with Crippen LogP contribution < -0.4 is 5.73 Å². The van der Waals surface area contributed by atoms with Crippen LogP contribution in [0.15, 0.2) is 23.1 Å². The molecule has 2 atom stereocenters. The number of likely N-dealkylation sites (N-methyl/N-ethyl adjacent to an activating group) is 1. The van der Waals surface area contributed by atoms with Gasteiger partial charge in [-0.1, -0.05) is 24.4 Å². The van der Waals surface area contributed by atoms with Crippen molar-refractivity contribution in [3.05, 3.63) is 23.2 Å². The number of rotatable bonds is 3. The first-order chi connectivity index (χ1) is 9.34. The molecule has 0 heterocycles. The lowest BCUT2D eigenvalue weighted by Crippen LogP contribution is -2.46. The van der Waals surface area contributed by atoms with E-state index in [1.807, 2.05) is 0 Å². The smallest absolute Gasteiger partial charge is 0.243 e. The number of nitrogen functional groups attached to an aromatic ring is 1. The second-order valence-corrected chi connectivity index (χ2v) is 7.53. The van der Waals surface area contributed by atoms with Gasteiger partial charge < -0.3 is 10.8 Å². The van der Waals surface area contributed by atoms with E-state index in [1.165, 1.54) is 29.6 Å². The van der Waals surface area contributed by atoms with Crippen LogP contribution in [0.3, 0.4) is 0 Å². The van der Waals surface area contributed by atoms with E-state index in [-0.39, 0.29) is 16.0 Å². The molecule has 1 aromatic carbocycles. The van der Waals surface area contributed by atoms with Gasteiger partial charge in [0.1, 0.15) is 0 Å². The monoisotopic (exact) mass is 318 g/mol. The van der Waals surface area contributed by atoms with Crippen LogP contribution in [0, 0.1) is 0 Å². The predicted octanol–water partition coefficient (Wildman–Crippen LogP) is 1.85. The zero-order valence-electron chi connectivity index (χ0n) is 11.3. The minimum absolute atomic E-state index is 0.0944. The van der Waals surface area contributed by atoms with Gasteiger partial charge in [0.2, 0.25) is 10.0 Å². The Balaban J connectivity index is 2.31. The molecule has 1 aromatic rings. The van der Waals surface area contributed by atoms with Crippen molar-refractivity contribution in [2.24, 2.45) is 0 Å². The number of anilines is 1. The number of aliphatic hydroxyl groups is 1. The van der Waals surface area contributed by atoms with E-state index >= 15 is 0 Å². The topological polar surface area (TPSA) is 83.6 Å². The normalized spacial score (nSPS) is 24.0. The van der Waals surface area contributed by atoms with Crippen molar-refractivity contribution in [2.45, 2.75) is 42.7 Å². The molecule has 0 saturated heterocycles. The number of benzene rings is 1. The van der Waals surface area contributed by atoms with Crippen LogP contribution in [0.25, 0.3) is 0 Å². The summed E-state index contributed by atoms with van der Waals surface area (Å²) < 4.78 is 26.4. The third kappa shape index (κ3) is 2.93. The third-order valence-corrected chi connectivity index (χ3v) is 6.02. The lowest BCUT2D eigenvalue weighted by molar-refractivity contribution is 0.0638. The summed E-state index contributed by atoms with van der Waals surface area (Å²) in [5.74, 6) is 0. The van der Waals surface area contributed by atoms with Crippen LogP contribution in [-0.4, -0.2) is 37.0 Å². The summed E-state index contributed by atoms with van der Waals surface area (Å²) in [6.45, 7) is 0. The molecule has 0 aliphatic heterocycles. The lowest BCUT2D eigenvalue weighted by Gasteiger charge is -2.34. The fourth-order valence-electron chi connectivity index (χ4n) is 2.53. The molecule has 0 amide bonds. The molecule has 1 aliphatic rings. The number of hydrogen-bond donors (Lipinski definition) is 2. The molecule has 0 aromatic heterocycles. The van der Waals surface area contributed by atoms with Gasteiger partial charge in [-0.25, -0.2) is 8.42 Å². The maximum atomic E-state index is 12.6. The van der Waals surface area contributed by atoms with E-state index < -0.39 is 16.1 Å². The van der Waals surface area contributed by atoms with Crippen molar-refractivity contribution in [1.82, 2.24) is 4.31 Å². The number of nitrogens with two attached hydrogens (primary N) is 1. The summed E-state index contributed by atoms with van der Waals surface area (Å²) in [4.78, 5) is 0.0944. The molecule has 1 fully saturated rings. The van der Waals surface area contributed by atoms with Crippen molar-refractivity contribution in [3.63, 3.8) is 0 Å². The molecule has 0 bridgehead atoms. The van der Waals surface area contributed by atoms with Crippen molar-refractivity contribution >= 4 is 27.3 Å². The van der Waals surface area contributed by atoms with Crippen molar-refractivity contribution in [2.75, 3.05) is 12.8 Å². The van der Waals surface area contributed by atoms with Crippen molar-refractivity contribution in [1.29, 1.82) is 0 Å². The lowest BCUT2D eigenvalue weighted by atomic mass is 9.93. The molecule has 5 nitrogen and oxygen atoms in total. The van der Waals surface area contributed by atoms with Gasteiger partial charge >= 0.3 is 0 Å². The van der Waals surface area contributed by atoms with Gasteiger partial charge in [-0.05, 0) is 31.0 Å². The second kappa shape index (κ2) is 5.89. The Bertz CT molecular complexity index is 591. The van der Waals surface area contributed by atoms with E-state index in [0.29, 0.717) is 18.5 Å². The van der Waals surface area contributed by atoms with E-state index in [9.17, 15) is 13.5 Å². The summed E-state index contributed by atoms with van der Waals surface area (Å²) >= 11 is 5.88. The van der Waals surface area contributed by atoms with Crippen LogP contribution in [0.4, 0.5) is 5.69 Å². The zero-order chi connectivity index (χ0) is 14.9. The molecule has 20 heavy (non-hydrogen) atoms. The van der Waals surface area contributed by atoms with Crippen LogP contribution in [0.5, 0.6) is 0 Å². The van der Waals surface area contributed by atoms with Gasteiger partial charge in [-0.3, -0.25) is 0 Å². The van der Waals surface area contributed by atoms with Gasteiger partial charge in [-0.2, -0.15) is 4.31 Å². The highest BCUT2D eigenvalue weighted by molar-refractivity contribution is 7.89. The molecule has 0 radical (unpaired) electrons. The molecule has 0 spiro atoms. The van der Waals surface area contributed by atoms with E-state index in [2.05, 4.69) is 0 Å². The first kappa shape index (κ1) is 15.6. The Morgan fingerprint density at radius 2 is 2.00 bits per heavy atom. The van der Waals surface area contributed by atoms with Gasteiger partial charge in [-0.15, -0.1) is 0 Å². The molecule has 3 N–H and O–H groups in total. The number of aliphatic hydroxyl groups excluding tert-OH is 1. The Hall–Kier alpha value is -0.820. The third-order valence-electron chi connectivity index (χ3n) is 3.81. The minimum Gasteiger partial charge on any atom is -0.398 e. The summed E-state index contributed by atoms with van der Waals surface area (Å²) in [6, 6.07) is 3.87. The maximum Gasteiger partial charge on any atom is 0.243 e. The Labute approximate surface area is 124 Å². The minimum atomic E-state index is -3.68. The summed E-state index contributed by atoms with van der Waals surface area (Å²) in [6.07, 6.45) is 2.53. The van der Waals surface area contributed by atoms with Gasteiger partial charge in [0.25, 0.3) is 0 Å². The Morgan fingerprint density at radius 3 is 2.60 bits per heavy atom. The number of hydrogen-bond acceptors (Lipinski definition) is 4. The molecule has 2 unspecified atom stereocenters. The zero-order valence-corrected chi connectivity index (χ0v) is 12.9.